The van der Waals surface area contributed by atoms with E-state index in [0.29, 0.717) is 13.2 Å². The molecule has 0 aromatic heterocycles. The Balaban J connectivity index is 1.95. The van der Waals surface area contributed by atoms with Crippen LogP contribution < -0.4 is 11.2 Å². The summed E-state index contributed by atoms with van der Waals surface area (Å²) >= 11 is 0. The molecule has 1 aliphatic rings. The predicted molar refractivity (Wildman–Crippen MR) is 35.9 cm³/mol. The summed E-state index contributed by atoms with van der Waals surface area (Å²) in [6.07, 6.45) is 2.07. The van der Waals surface area contributed by atoms with Gasteiger partial charge in [-0.05, 0) is 12.8 Å². The zero-order valence-corrected chi connectivity index (χ0v) is 5.80. The number of nitrogens with two attached hydrogens (primary N) is 1. The fourth-order valence-corrected chi connectivity index (χ4v) is 0.723. The van der Waals surface area contributed by atoms with Gasteiger partial charge in [0, 0.05) is 12.5 Å². The summed E-state index contributed by atoms with van der Waals surface area (Å²) in [6.45, 7) is 0.907. The summed E-state index contributed by atoms with van der Waals surface area (Å²) < 4.78 is 0. The lowest BCUT2D eigenvalue weighted by Crippen LogP contribution is -2.29. The molecule has 0 radical (unpaired) electrons. The van der Waals surface area contributed by atoms with Crippen molar-refractivity contribution >= 4 is 5.91 Å². The minimum atomic E-state index is 0.136. The van der Waals surface area contributed by atoms with Crippen molar-refractivity contribution in [1.82, 2.24) is 5.32 Å². The van der Waals surface area contributed by atoms with Gasteiger partial charge in [0.1, 0.15) is 0 Å². The SMILES string of the molecule is NOCCNC(=O)C1CC1. The molecule has 0 aromatic rings. The van der Waals surface area contributed by atoms with Gasteiger partial charge in [-0.3, -0.25) is 4.79 Å². The number of carbonyl (C=O) groups is 1. The molecule has 0 saturated heterocycles. The highest BCUT2D eigenvalue weighted by Gasteiger charge is 2.28. The fourth-order valence-electron chi connectivity index (χ4n) is 0.723. The van der Waals surface area contributed by atoms with E-state index in [1.54, 1.807) is 0 Å². The van der Waals surface area contributed by atoms with Crippen LogP contribution in [-0.2, 0) is 9.63 Å². The van der Waals surface area contributed by atoms with Crippen molar-refractivity contribution in [2.75, 3.05) is 13.2 Å². The third kappa shape index (κ3) is 2.33. The Hall–Kier alpha value is -0.610. The van der Waals surface area contributed by atoms with E-state index >= 15 is 0 Å². The lowest BCUT2D eigenvalue weighted by molar-refractivity contribution is -0.122. The lowest BCUT2D eigenvalue weighted by Gasteiger charge is -2.00. The van der Waals surface area contributed by atoms with Gasteiger partial charge in [0.25, 0.3) is 0 Å². The van der Waals surface area contributed by atoms with Gasteiger partial charge in [-0.25, -0.2) is 5.90 Å². The van der Waals surface area contributed by atoms with Crippen molar-refractivity contribution < 1.29 is 9.63 Å². The van der Waals surface area contributed by atoms with Gasteiger partial charge >= 0.3 is 0 Å². The molecule has 3 N–H and O–H groups in total. The summed E-state index contributed by atoms with van der Waals surface area (Å²) in [6, 6.07) is 0. The van der Waals surface area contributed by atoms with E-state index in [9.17, 15) is 4.79 Å². The van der Waals surface area contributed by atoms with Gasteiger partial charge < -0.3 is 10.2 Å². The first kappa shape index (κ1) is 7.50. The van der Waals surface area contributed by atoms with E-state index in [1.807, 2.05) is 0 Å². The highest BCUT2D eigenvalue weighted by molar-refractivity contribution is 5.80. The van der Waals surface area contributed by atoms with Gasteiger partial charge in [-0.1, -0.05) is 0 Å². The smallest absolute Gasteiger partial charge is 0.223 e. The third-order valence-electron chi connectivity index (χ3n) is 1.47. The van der Waals surface area contributed by atoms with Crippen LogP contribution in [0.2, 0.25) is 0 Å². The van der Waals surface area contributed by atoms with E-state index in [0.717, 1.165) is 12.8 Å². The minimum absolute atomic E-state index is 0.136. The van der Waals surface area contributed by atoms with Gasteiger partial charge in [0.05, 0.1) is 6.61 Å². The standard InChI is InChI=1S/C6H12N2O2/c7-10-4-3-8-6(9)5-1-2-5/h5H,1-4,7H2,(H,8,9). The molecule has 0 unspecified atom stereocenters. The summed E-state index contributed by atoms with van der Waals surface area (Å²) in [4.78, 5) is 15.2. The number of nitrogens with one attached hydrogen (secondary N) is 1. The topological polar surface area (TPSA) is 64.3 Å². The largest absolute Gasteiger partial charge is 0.353 e. The van der Waals surface area contributed by atoms with Crippen molar-refractivity contribution in [1.29, 1.82) is 0 Å². The Morgan fingerprint density at radius 2 is 2.40 bits per heavy atom. The molecule has 0 spiro atoms. The van der Waals surface area contributed by atoms with Gasteiger partial charge in [-0.15, -0.1) is 0 Å². The second-order valence-electron chi connectivity index (χ2n) is 2.44. The third-order valence-corrected chi connectivity index (χ3v) is 1.47. The molecule has 0 atom stereocenters. The maximum Gasteiger partial charge on any atom is 0.223 e. The van der Waals surface area contributed by atoms with Crippen LogP contribution in [0.4, 0.5) is 0 Å². The van der Waals surface area contributed by atoms with Crippen LogP contribution in [0.15, 0.2) is 0 Å². The summed E-state index contributed by atoms with van der Waals surface area (Å²) in [5, 5.41) is 2.70. The lowest BCUT2D eigenvalue weighted by atomic mass is 10.4. The molecule has 4 heteroatoms. The van der Waals surface area contributed by atoms with E-state index < -0.39 is 0 Å². The molecule has 1 fully saturated rings. The molecule has 0 aliphatic heterocycles. The Kier molecular flexibility index (Phi) is 2.65. The van der Waals surface area contributed by atoms with Crippen LogP contribution in [0.3, 0.4) is 0 Å². The summed E-state index contributed by atoms with van der Waals surface area (Å²) in [7, 11) is 0. The quantitative estimate of drug-likeness (QED) is 0.409. The molecule has 10 heavy (non-hydrogen) atoms. The number of carbonyl (C=O) groups excluding carboxylic acids is 1. The molecule has 1 amide bonds. The maximum atomic E-state index is 10.9. The first-order valence-electron chi connectivity index (χ1n) is 3.44. The van der Waals surface area contributed by atoms with E-state index in [2.05, 4.69) is 10.2 Å². The second kappa shape index (κ2) is 3.53. The number of hydrogen-bond acceptors (Lipinski definition) is 3. The number of amides is 1. The molecule has 4 nitrogen and oxygen atoms in total. The second-order valence-corrected chi connectivity index (χ2v) is 2.44. The number of hydrogen-bond donors (Lipinski definition) is 2. The van der Waals surface area contributed by atoms with E-state index in [-0.39, 0.29) is 11.8 Å². The van der Waals surface area contributed by atoms with Gasteiger partial charge in [-0.2, -0.15) is 0 Å². The fraction of sp³-hybridized carbons (Fsp3) is 0.833. The van der Waals surface area contributed by atoms with Crippen molar-refractivity contribution in [2.24, 2.45) is 11.8 Å². The zero-order chi connectivity index (χ0) is 7.40. The highest BCUT2D eigenvalue weighted by Crippen LogP contribution is 2.28. The normalized spacial score (nSPS) is 16.9. The Labute approximate surface area is 59.7 Å². The van der Waals surface area contributed by atoms with Crippen LogP contribution in [0, 0.1) is 5.92 Å². The molecule has 58 valence electrons. The van der Waals surface area contributed by atoms with E-state index in [4.69, 9.17) is 5.90 Å². The predicted octanol–water partition coefficient (Wildman–Crippen LogP) is -0.597. The first-order valence-corrected chi connectivity index (χ1v) is 3.44. The molecular formula is C6H12N2O2. The van der Waals surface area contributed by atoms with Gasteiger partial charge in [0.2, 0.25) is 5.91 Å². The summed E-state index contributed by atoms with van der Waals surface area (Å²) in [5.74, 6) is 5.17. The molecule has 0 bridgehead atoms. The van der Waals surface area contributed by atoms with Crippen LogP contribution >= 0.6 is 0 Å². The zero-order valence-electron chi connectivity index (χ0n) is 5.80. The van der Waals surface area contributed by atoms with Crippen LogP contribution in [0.25, 0.3) is 0 Å². The van der Waals surface area contributed by atoms with Crippen molar-refractivity contribution in [2.45, 2.75) is 12.8 Å². The molecular weight excluding hydrogens is 132 g/mol. The molecule has 1 rings (SSSR count). The summed E-state index contributed by atoms with van der Waals surface area (Å²) in [5.41, 5.74) is 0. The number of rotatable bonds is 4. The van der Waals surface area contributed by atoms with Crippen LogP contribution in [-0.4, -0.2) is 19.1 Å². The first-order chi connectivity index (χ1) is 4.84. The van der Waals surface area contributed by atoms with Crippen molar-refractivity contribution in [3.05, 3.63) is 0 Å². The molecule has 1 saturated carbocycles. The maximum absolute atomic E-state index is 10.9. The average Bonchev–Trinajstić information content (AvgIpc) is 2.69. The monoisotopic (exact) mass is 144 g/mol. The van der Waals surface area contributed by atoms with Gasteiger partial charge in [0.15, 0.2) is 0 Å². The minimum Gasteiger partial charge on any atom is -0.353 e. The Bertz CT molecular complexity index is 123. The van der Waals surface area contributed by atoms with E-state index in [1.165, 1.54) is 0 Å². The average molecular weight is 144 g/mol. The molecule has 0 heterocycles. The molecule has 1 aliphatic carbocycles. The van der Waals surface area contributed by atoms with Crippen LogP contribution in [0.1, 0.15) is 12.8 Å². The Morgan fingerprint density at radius 1 is 1.70 bits per heavy atom. The van der Waals surface area contributed by atoms with Crippen LogP contribution in [0.5, 0.6) is 0 Å². The molecule has 0 aromatic carbocycles. The van der Waals surface area contributed by atoms with Crippen molar-refractivity contribution in [3.63, 3.8) is 0 Å². The Morgan fingerprint density at radius 3 is 2.90 bits per heavy atom. The van der Waals surface area contributed by atoms with Crippen molar-refractivity contribution in [3.8, 4) is 0 Å². The highest BCUT2D eigenvalue weighted by atomic mass is 16.6.